The summed E-state index contributed by atoms with van der Waals surface area (Å²) >= 11 is 0. The standard InChI is InChI=1S/C26H28N8O/c1-4-6-13-33-24-22(31-26(33)32(12-5-2)14-11-28-3)17-30-34(25(24)35)18-23-21-10-8-7-9-20(21)19(15-27)16-29-23/h7-10,16-17,28H,5,11-14,18H2,1-3H3. The molecule has 3 heterocycles. The smallest absolute Gasteiger partial charge is 0.293 e. The molecule has 0 aliphatic heterocycles. The van der Waals surface area contributed by atoms with Crippen LogP contribution in [0.3, 0.4) is 0 Å². The third-order valence-electron chi connectivity index (χ3n) is 5.85. The zero-order valence-electron chi connectivity index (χ0n) is 20.2. The number of hydrogen-bond donors (Lipinski definition) is 1. The summed E-state index contributed by atoms with van der Waals surface area (Å²) in [6.07, 6.45) is 4.13. The highest BCUT2D eigenvalue weighted by molar-refractivity contribution is 5.89. The number of benzene rings is 1. The second-order valence-corrected chi connectivity index (χ2v) is 8.13. The van der Waals surface area contributed by atoms with Gasteiger partial charge in [0.05, 0.1) is 30.5 Å². The predicted octanol–water partition coefficient (Wildman–Crippen LogP) is 2.52. The lowest BCUT2D eigenvalue weighted by Gasteiger charge is -2.23. The normalized spacial score (nSPS) is 10.8. The van der Waals surface area contributed by atoms with Crippen molar-refractivity contribution in [3.8, 4) is 17.9 Å². The lowest BCUT2D eigenvalue weighted by atomic mass is 10.1. The highest BCUT2D eigenvalue weighted by atomic mass is 16.1. The van der Waals surface area contributed by atoms with Gasteiger partial charge < -0.3 is 10.2 Å². The van der Waals surface area contributed by atoms with Crippen molar-refractivity contribution >= 4 is 27.8 Å². The quantitative estimate of drug-likeness (QED) is 0.376. The highest BCUT2D eigenvalue weighted by Crippen LogP contribution is 2.22. The monoisotopic (exact) mass is 468 g/mol. The van der Waals surface area contributed by atoms with Crippen LogP contribution in [0.1, 0.15) is 31.5 Å². The number of pyridine rings is 1. The molecule has 1 aromatic carbocycles. The van der Waals surface area contributed by atoms with Gasteiger partial charge >= 0.3 is 0 Å². The van der Waals surface area contributed by atoms with Crippen LogP contribution in [0.25, 0.3) is 21.8 Å². The van der Waals surface area contributed by atoms with Gasteiger partial charge in [-0.05, 0) is 20.4 Å². The van der Waals surface area contributed by atoms with E-state index in [1.807, 2.05) is 35.9 Å². The molecule has 0 fully saturated rings. The molecule has 0 aliphatic rings. The third kappa shape index (κ3) is 4.72. The molecule has 35 heavy (non-hydrogen) atoms. The second-order valence-electron chi connectivity index (χ2n) is 8.13. The Kier molecular flexibility index (Phi) is 7.39. The van der Waals surface area contributed by atoms with Crippen LogP contribution in [0.15, 0.2) is 41.5 Å². The van der Waals surface area contributed by atoms with Crippen molar-refractivity contribution in [3.05, 3.63) is 58.3 Å². The molecule has 4 aromatic rings. The van der Waals surface area contributed by atoms with Crippen molar-refractivity contribution in [1.82, 2.24) is 29.6 Å². The fraction of sp³-hybridized carbons (Fsp3) is 0.346. The molecule has 0 aliphatic carbocycles. The zero-order chi connectivity index (χ0) is 24.8. The van der Waals surface area contributed by atoms with Gasteiger partial charge in [0.25, 0.3) is 5.56 Å². The summed E-state index contributed by atoms with van der Waals surface area (Å²) in [5.41, 5.74) is 1.94. The first-order valence-electron chi connectivity index (χ1n) is 11.6. The molecule has 0 atom stereocenters. The van der Waals surface area contributed by atoms with E-state index in [1.165, 1.54) is 4.68 Å². The van der Waals surface area contributed by atoms with Crippen molar-refractivity contribution in [3.63, 3.8) is 0 Å². The van der Waals surface area contributed by atoms with E-state index in [1.54, 1.807) is 19.3 Å². The summed E-state index contributed by atoms with van der Waals surface area (Å²) in [4.78, 5) is 25.1. The van der Waals surface area contributed by atoms with Gasteiger partial charge in [-0.2, -0.15) is 10.4 Å². The van der Waals surface area contributed by atoms with Crippen LogP contribution in [0, 0.1) is 23.2 Å². The first-order valence-corrected chi connectivity index (χ1v) is 11.6. The summed E-state index contributed by atoms with van der Waals surface area (Å²) in [5.74, 6) is 6.74. The van der Waals surface area contributed by atoms with Crippen molar-refractivity contribution < 1.29 is 0 Å². The van der Waals surface area contributed by atoms with Gasteiger partial charge in [0.2, 0.25) is 5.95 Å². The molecule has 0 radical (unpaired) electrons. The SMILES string of the molecule is CC#CCn1c(N(CCC)CCNC)nc2cnn(Cc3ncc(C#N)c4ccccc34)c(=O)c21. The van der Waals surface area contributed by atoms with Crippen molar-refractivity contribution in [1.29, 1.82) is 5.26 Å². The van der Waals surface area contributed by atoms with Gasteiger partial charge in [0.1, 0.15) is 17.1 Å². The maximum Gasteiger partial charge on any atom is 0.293 e. The molecule has 3 aromatic heterocycles. The lowest BCUT2D eigenvalue weighted by molar-refractivity contribution is 0.633. The van der Waals surface area contributed by atoms with E-state index in [9.17, 15) is 10.1 Å². The van der Waals surface area contributed by atoms with Crippen molar-refractivity contribution in [2.75, 3.05) is 31.6 Å². The number of fused-ring (bicyclic) bond motifs is 2. The number of hydrogen-bond acceptors (Lipinski definition) is 7. The van der Waals surface area contributed by atoms with Gasteiger partial charge in [-0.15, -0.1) is 5.92 Å². The molecular formula is C26H28N8O. The molecule has 0 saturated carbocycles. The molecule has 9 nitrogen and oxygen atoms in total. The van der Waals surface area contributed by atoms with Crippen molar-refractivity contribution in [2.24, 2.45) is 0 Å². The average Bonchev–Trinajstić information content (AvgIpc) is 3.26. The number of nitrogens with zero attached hydrogens (tertiary/aromatic N) is 7. The van der Waals surface area contributed by atoms with E-state index in [4.69, 9.17) is 4.98 Å². The Morgan fingerprint density at radius 1 is 1.17 bits per heavy atom. The van der Waals surface area contributed by atoms with E-state index in [-0.39, 0.29) is 12.1 Å². The second kappa shape index (κ2) is 10.8. The fourth-order valence-electron chi connectivity index (χ4n) is 4.17. The summed E-state index contributed by atoms with van der Waals surface area (Å²) in [5, 5.41) is 18.7. The minimum atomic E-state index is -0.251. The van der Waals surface area contributed by atoms with E-state index in [2.05, 4.69) is 45.1 Å². The van der Waals surface area contributed by atoms with Gasteiger partial charge in [0.15, 0.2) is 0 Å². The van der Waals surface area contributed by atoms with Gasteiger partial charge in [-0.3, -0.25) is 14.3 Å². The highest BCUT2D eigenvalue weighted by Gasteiger charge is 2.20. The average molecular weight is 469 g/mol. The van der Waals surface area contributed by atoms with Crippen LogP contribution in [0.4, 0.5) is 5.95 Å². The minimum absolute atomic E-state index is 0.180. The Balaban J connectivity index is 1.84. The molecule has 178 valence electrons. The number of likely N-dealkylation sites (N-methyl/N-ethyl adjacent to an activating group) is 1. The van der Waals surface area contributed by atoms with Crippen LogP contribution < -0.4 is 15.8 Å². The van der Waals surface area contributed by atoms with Crippen LogP contribution >= 0.6 is 0 Å². The van der Waals surface area contributed by atoms with E-state index >= 15 is 0 Å². The molecule has 1 N–H and O–H groups in total. The number of imidazole rings is 1. The molecular weight excluding hydrogens is 440 g/mol. The number of aromatic nitrogens is 5. The predicted molar refractivity (Wildman–Crippen MR) is 137 cm³/mol. The largest absolute Gasteiger partial charge is 0.341 e. The van der Waals surface area contributed by atoms with Crippen LogP contribution in [0.5, 0.6) is 0 Å². The number of nitrogens with one attached hydrogen (secondary N) is 1. The maximum atomic E-state index is 13.7. The number of rotatable bonds is 9. The molecule has 0 saturated heterocycles. The zero-order valence-corrected chi connectivity index (χ0v) is 20.2. The minimum Gasteiger partial charge on any atom is -0.341 e. The number of anilines is 1. The molecule has 0 unspecified atom stereocenters. The summed E-state index contributed by atoms with van der Waals surface area (Å²) < 4.78 is 3.30. The van der Waals surface area contributed by atoms with Gasteiger partial charge in [0, 0.05) is 36.6 Å². The summed E-state index contributed by atoms with van der Waals surface area (Å²) in [6, 6.07) is 9.75. The Bertz CT molecular complexity index is 1520. The van der Waals surface area contributed by atoms with Crippen LogP contribution in [-0.2, 0) is 13.1 Å². The van der Waals surface area contributed by atoms with Crippen LogP contribution in [0.2, 0.25) is 0 Å². The fourth-order valence-corrected chi connectivity index (χ4v) is 4.17. The van der Waals surface area contributed by atoms with Gasteiger partial charge in [-0.25, -0.2) is 9.67 Å². The molecule has 0 spiro atoms. The van der Waals surface area contributed by atoms with Crippen molar-refractivity contribution in [2.45, 2.75) is 33.4 Å². The van der Waals surface area contributed by atoms with Gasteiger partial charge in [-0.1, -0.05) is 37.1 Å². The first kappa shape index (κ1) is 23.9. The molecule has 0 bridgehead atoms. The first-order chi connectivity index (χ1) is 17.1. The van der Waals surface area contributed by atoms with Crippen LogP contribution in [-0.4, -0.2) is 51.0 Å². The summed E-state index contributed by atoms with van der Waals surface area (Å²) in [7, 11) is 1.92. The molecule has 4 rings (SSSR count). The maximum absolute atomic E-state index is 13.7. The molecule has 0 amide bonds. The summed E-state index contributed by atoms with van der Waals surface area (Å²) in [6.45, 7) is 6.81. The number of nitriles is 1. The Morgan fingerprint density at radius 3 is 2.69 bits per heavy atom. The van der Waals surface area contributed by atoms with E-state index in [0.29, 0.717) is 28.8 Å². The van der Waals surface area contributed by atoms with E-state index in [0.717, 1.165) is 42.8 Å². The molecule has 9 heteroatoms. The Hall–Kier alpha value is -4.21. The topological polar surface area (TPSA) is 105 Å². The lowest BCUT2D eigenvalue weighted by Crippen LogP contribution is -2.34. The third-order valence-corrected chi connectivity index (χ3v) is 5.85. The van der Waals surface area contributed by atoms with E-state index < -0.39 is 0 Å². The Morgan fingerprint density at radius 2 is 1.97 bits per heavy atom. The Labute approximate surface area is 204 Å².